The molecule has 0 spiro atoms. The normalized spacial score (nSPS) is 10.5. The smallest absolute Gasteiger partial charge is 0.387 e. The van der Waals surface area contributed by atoms with Crippen molar-refractivity contribution in [1.29, 1.82) is 0 Å². The van der Waals surface area contributed by atoms with Gasteiger partial charge in [-0.1, -0.05) is 12.1 Å². The van der Waals surface area contributed by atoms with Gasteiger partial charge in [0.15, 0.2) is 0 Å². The Bertz CT molecular complexity index is 724. The number of rotatable bonds is 7. The third-order valence-corrected chi connectivity index (χ3v) is 3.93. The van der Waals surface area contributed by atoms with Gasteiger partial charge < -0.3 is 15.8 Å². The molecule has 0 saturated carbocycles. The van der Waals surface area contributed by atoms with E-state index in [2.05, 4.69) is 10.1 Å². The van der Waals surface area contributed by atoms with Crippen LogP contribution in [0.15, 0.2) is 53.4 Å². The van der Waals surface area contributed by atoms with E-state index in [1.54, 1.807) is 24.3 Å². The van der Waals surface area contributed by atoms with Crippen LogP contribution in [0.25, 0.3) is 0 Å². The molecule has 0 radical (unpaired) electrons. The lowest BCUT2D eigenvalue weighted by atomic mass is 10.2. The van der Waals surface area contributed by atoms with Crippen LogP contribution in [0.3, 0.4) is 0 Å². The summed E-state index contributed by atoms with van der Waals surface area (Å²) in [6, 6.07) is 12.3. The summed E-state index contributed by atoms with van der Waals surface area (Å²) >= 11 is 1.16. The maximum Gasteiger partial charge on any atom is 0.387 e. The van der Waals surface area contributed by atoms with Crippen LogP contribution >= 0.6 is 11.8 Å². The number of nitrogens with two attached hydrogens (primary N) is 1. The highest BCUT2D eigenvalue weighted by Gasteiger charge is 2.12. The molecule has 0 saturated heterocycles. The molecule has 0 aliphatic heterocycles. The molecule has 2 amide bonds. The fourth-order valence-corrected chi connectivity index (χ4v) is 2.64. The number of carbonyl (C=O) groups excluding carboxylic acids is 2. The number of ether oxygens (including phenoxy) is 1. The van der Waals surface area contributed by atoms with E-state index in [1.807, 2.05) is 0 Å². The van der Waals surface area contributed by atoms with Gasteiger partial charge in [-0.05, 0) is 36.4 Å². The molecule has 0 bridgehead atoms. The summed E-state index contributed by atoms with van der Waals surface area (Å²) in [6.07, 6.45) is 0. The molecule has 0 aliphatic carbocycles. The summed E-state index contributed by atoms with van der Waals surface area (Å²) in [5.41, 5.74) is 5.93. The predicted octanol–water partition coefficient (Wildman–Crippen LogP) is 3.12. The number of primary amides is 1. The molecule has 0 unspecified atom stereocenters. The van der Waals surface area contributed by atoms with E-state index in [4.69, 9.17) is 5.73 Å². The molecular formula is C16H14F2N2O3S. The third-order valence-electron chi connectivity index (χ3n) is 2.84. The van der Waals surface area contributed by atoms with Crippen LogP contribution in [0.4, 0.5) is 14.5 Å². The van der Waals surface area contributed by atoms with E-state index in [1.165, 1.54) is 24.3 Å². The highest BCUT2D eigenvalue weighted by atomic mass is 32.2. The first-order valence-corrected chi connectivity index (χ1v) is 7.80. The van der Waals surface area contributed by atoms with E-state index < -0.39 is 12.5 Å². The summed E-state index contributed by atoms with van der Waals surface area (Å²) < 4.78 is 28.4. The average Bonchev–Trinajstić information content (AvgIpc) is 2.54. The number of benzene rings is 2. The van der Waals surface area contributed by atoms with Gasteiger partial charge in [-0.3, -0.25) is 9.59 Å². The molecule has 0 aliphatic rings. The van der Waals surface area contributed by atoms with E-state index in [0.29, 0.717) is 16.1 Å². The minimum absolute atomic E-state index is 0.000382. The van der Waals surface area contributed by atoms with E-state index >= 15 is 0 Å². The zero-order chi connectivity index (χ0) is 17.5. The van der Waals surface area contributed by atoms with Crippen LogP contribution in [-0.4, -0.2) is 24.2 Å². The van der Waals surface area contributed by atoms with Crippen molar-refractivity contribution in [3.8, 4) is 5.75 Å². The number of alkyl halides is 2. The Morgan fingerprint density at radius 3 is 2.42 bits per heavy atom. The molecule has 2 aromatic rings. The van der Waals surface area contributed by atoms with Crippen molar-refractivity contribution in [2.45, 2.75) is 11.5 Å². The van der Waals surface area contributed by atoms with Crippen molar-refractivity contribution in [2.24, 2.45) is 5.73 Å². The molecule has 2 rings (SSSR count). The second kappa shape index (κ2) is 8.30. The summed E-state index contributed by atoms with van der Waals surface area (Å²) in [7, 11) is 0. The van der Waals surface area contributed by atoms with E-state index in [-0.39, 0.29) is 17.4 Å². The Balaban J connectivity index is 2.08. The monoisotopic (exact) mass is 352 g/mol. The van der Waals surface area contributed by atoms with Crippen molar-refractivity contribution in [3.05, 3.63) is 54.1 Å². The van der Waals surface area contributed by atoms with Crippen LogP contribution in [0.1, 0.15) is 10.4 Å². The van der Waals surface area contributed by atoms with Crippen LogP contribution in [0.2, 0.25) is 0 Å². The van der Waals surface area contributed by atoms with Crippen molar-refractivity contribution in [3.63, 3.8) is 0 Å². The number of halogens is 2. The number of nitrogens with one attached hydrogen (secondary N) is 1. The van der Waals surface area contributed by atoms with Gasteiger partial charge in [0.05, 0.1) is 11.3 Å². The van der Waals surface area contributed by atoms with Crippen LogP contribution in [0, 0.1) is 0 Å². The standard InChI is InChI=1S/C16H14F2N2O3S/c17-16(18)23-11-7-5-10(6-8-11)20-15(22)12-3-1-2-4-13(12)24-9-14(19)21/h1-8,16H,9H2,(H2,19,21)(H,20,22). The first-order valence-electron chi connectivity index (χ1n) is 6.82. The van der Waals surface area contributed by atoms with Gasteiger partial charge in [0.2, 0.25) is 5.91 Å². The summed E-state index contributed by atoms with van der Waals surface area (Å²) in [4.78, 5) is 23.9. The molecule has 2 aromatic carbocycles. The molecule has 0 heterocycles. The SMILES string of the molecule is NC(=O)CSc1ccccc1C(=O)Nc1ccc(OC(F)F)cc1. The summed E-state index contributed by atoms with van der Waals surface area (Å²) in [6.45, 7) is -2.90. The zero-order valence-corrected chi connectivity index (χ0v) is 13.2. The van der Waals surface area contributed by atoms with Gasteiger partial charge in [0, 0.05) is 10.6 Å². The van der Waals surface area contributed by atoms with Gasteiger partial charge in [0.25, 0.3) is 5.91 Å². The second-order valence-corrected chi connectivity index (χ2v) is 5.63. The molecule has 0 aromatic heterocycles. The fourth-order valence-electron chi connectivity index (χ4n) is 1.85. The quantitative estimate of drug-likeness (QED) is 0.750. The molecular weight excluding hydrogens is 338 g/mol. The Labute approximate surface area is 141 Å². The molecule has 24 heavy (non-hydrogen) atoms. The van der Waals surface area contributed by atoms with Gasteiger partial charge in [0.1, 0.15) is 5.75 Å². The first kappa shape index (κ1) is 17.7. The van der Waals surface area contributed by atoms with Crippen molar-refractivity contribution in [1.82, 2.24) is 0 Å². The molecule has 0 fully saturated rings. The van der Waals surface area contributed by atoms with Crippen LogP contribution < -0.4 is 15.8 Å². The summed E-state index contributed by atoms with van der Waals surface area (Å²) in [5.74, 6) is -0.806. The number of carbonyl (C=O) groups is 2. The van der Waals surface area contributed by atoms with Crippen molar-refractivity contribution >= 4 is 29.3 Å². The second-order valence-electron chi connectivity index (χ2n) is 4.61. The summed E-state index contributed by atoms with van der Waals surface area (Å²) in [5, 5.41) is 2.66. The number of anilines is 1. The lowest BCUT2D eigenvalue weighted by Crippen LogP contribution is -2.15. The zero-order valence-electron chi connectivity index (χ0n) is 12.4. The average molecular weight is 352 g/mol. The lowest BCUT2D eigenvalue weighted by molar-refractivity contribution is -0.115. The van der Waals surface area contributed by atoms with Gasteiger partial charge >= 0.3 is 6.61 Å². The minimum Gasteiger partial charge on any atom is -0.435 e. The molecule has 3 N–H and O–H groups in total. The maximum absolute atomic E-state index is 12.4. The Morgan fingerprint density at radius 2 is 1.79 bits per heavy atom. The highest BCUT2D eigenvalue weighted by molar-refractivity contribution is 8.00. The molecule has 5 nitrogen and oxygen atoms in total. The van der Waals surface area contributed by atoms with Crippen LogP contribution in [-0.2, 0) is 4.79 Å². The Kier molecular flexibility index (Phi) is 6.14. The Morgan fingerprint density at radius 1 is 1.12 bits per heavy atom. The highest BCUT2D eigenvalue weighted by Crippen LogP contribution is 2.24. The van der Waals surface area contributed by atoms with Crippen LogP contribution in [0.5, 0.6) is 5.75 Å². The van der Waals surface area contributed by atoms with Crippen molar-refractivity contribution in [2.75, 3.05) is 11.1 Å². The minimum atomic E-state index is -2.90. The maximum atomic E-state index is 12.4. The number of thioether (sulfide) groups is 1. The lowest BCUT2D eigenvalue weighted by Gasteiger charge is -2.10. The largest absolute Gasteiger partial charge is 0.435 e. The van der Waals surface area contributed by atoms with E-state index in [0.717, 1.165) is 11.8 Å². The van der Waals surface area contributed by atoms with Gasteiger partial charge in [-0.15, -0.1) is 11.8 Å². The number of hydrogen-bond acceptors (Lipinski definition) is 4. The third kappa shape index (κ3) is 5.24. The van der Waals surface area contributed by atoms with Gasteiger partial charge in [-0.2, -0.15) is 8.78 Å². The van der Waals surface area contributed by atoms with Gasteiger partial charge in [-0.25, -0.2) is 0 Å². The number of amides is 2. The Hall–Kier alpha value is -2.61. The molecule has 126 valence electrons. The van der Waals surface area contributed by atoms with Crippen molar-refractivity contribution < 1.29 is 23.1 Å². The first-order chi connectivity index (χ1) is 11.5. The predicted molar refractivity (Wildman–Crippen MR) is 87.4 cm³/mol. The topological polar surface area (TPSA) is 81.4 Å². The number of hydrogen-bond donors (Lipinski definition) is 2. The fraction of sp³-hybridized carbons (Fsp3) is 0.125. The molecule has 8 heteroatoms. The van der Waals surface area contributed by atoms with E-state index in [9.17, 15) is 18.4 Å². The molecule has 0 atom stereocenters.